The average Bonchev–Trinajstić information content (AvgIpc) is 2.51. The van der Waals surface area contributed by atoms with Gasteiger partial charge in [0.05, 0.1) is 0 Å². The third-order valence-corrected chi connectivity index (χ3v) is 4.89. The van der Waals surface area contributed by atoms with Crippen molar-refractivity contribution in [2.75, 3.05) is 0 Å². The summed E-state index contributed by atoms with van der Waals surface area (Å²) in [5, 5.41) is -0.149. The molecule has 0 aliphatic rings. The van der Waals surface area contributed by atoms with E-state index in [2.05, 4.69) is 29.8 Å². The highest BCUT2D eigenvalue weighted by Gasteiger charge is 2.13. The molecule has 0 saturated heterocycles. The largest absolute Gasteiger partial charge is 0.447 e. The summed E-state index contributed by atoms with van der Waals surface area (Å²) in [5.74, 6) is -0.183. The quantitative estimate of drug-likeness (QED) is 0.151. The Morgan fingerprint density at radius 1 is 0.909 bits per heavy atom. The summed E-state index contributed by atoms with van der Waals surface area (Å²) in [6, 6.07) is 0. The van der Waals surface area contributed by atoms with Crippen molar-refractivity contribution in [3.05, 3.63) is 11.1 Å². The minimum atomic E-state index is -0.183. The van der Waals surface area contributed by atoms with Gasteiger partial charge in [-0.05, 0) is 49.0 Å². The molecule has 0 N–H and O–H groups in total. The van der Waals surface area contributed by atoms with Crippen LogP contribution in [0, 0.1) is 0 Å². The zero-order valence-corrected chi connectivity index (χ0v) is 16.6. The predicted octanol–water partition coefficient (Wildman–Crippen LogP) is 6.92. The second-order valence-electron chi connectivity index (χ2n) is 6.19. The summed E-state index contributed by atoms with van der Waals surface area (Å²) < 4.78 is 5.43. The van der Waals surface area contributed by atoms with Crippen molar-refractivity contribution in [3.63, 3.8) is 0 Å². The van der Waals surface area contributed by atoms with E-state index in [1.807, 2.05) is 13.8 Å². The SMILES string of the molecule is CCCCCCCCCCCC(Br)OC(=O)C(C)=C(C)CC. The van der Waals surface area contributed by atoms with Crippen LogP contribution in [-0.4, -0.2) is 11.0 Å². The number of halogens is 1. The number of allylic oxidation sites excluding steroid dienone is 1. The van der Waals surface area contributed by atoms with Gasteiger partial charge in [-0.3, -0.25) is 0 Å². The standard InChI is InChI=1S/C19H35BrO2/c1-5-7-8-9-10-11-12-13-14-15-18(20)22-19(21)17(4)16(3)6-2/h18H,5-15H2,1-4H3. The first-order valence-electron chi connectivity index (χ1n) is 9.04. The fraction of sp³-hybridized carbons (Fsp3) is 0.842. The van der Waals surface area contributed by atoms with E-state index in [1.54, 1.807) is 0 Å². The molecule has 0 aromatic carbocycles. The van der Waals surface area contributed by atoms with Crippen LogP contribution in [0.1, 0.15) is 98.3 Å². The van der Waals surface area contributed by atoms with Crippen LogP contribution < -0.4 is 0 Å². The molecule has 0 spiro atoms. The van der Waals surface area contributed by atoms with Gasteiger partial charge < -0.3 is 4.74 Å². The Kier molecular flexibility index (Phi) is 14.1. The summed E-state index contributed by atoms with van der Waals surface area (Å²) in [7, 11) is 0. The van der Waals surface area contributed by atoms with E-state index in [9.17, 15) is 4.79 Å². The number of unbranched alkanes of at least 4 members (excludes halogenated alkanes) is 8. The normalized spacial score (nSPS) is 13.7. The first kappa shape index (κ1) is 21.7. The average molecular weight is 375 g/mol. The van der Waals surface area contributed by atoms with Crippen LogP contribution in [0.5, 0.6) is 0 Å². The first-order chi connectivity index (χ1) is 10.5. The van der Waals surface area contributed by atoms with Gasteiger partial charge in [0, 0.05) is 5.57 Å². The van der Waals surface area contributed by atoms with Crippen molar-refractivity contribution in [1.29, 1.82) is 0 Å². The van der Waals surface area contributed by atoms with Crippen LogP contribution in [0.15, 0.2) is 11.1 Å². The summed E-state index contributed by atoms with van der Waals surface area (Å²) in [4.78, 5) is 11.9. The maximum absolute atomic E-state index is 11.9. The lowest BCUT2D eigenvalue weighted by molar-refractivity contribution is -0.140. The number of hydrogen-bond donors (Lipinski definition) is 0. The maximum atomic E-state index is 11.9. The molecule has 0 rings (SSSR count). The van der Waals surface area contributed by atoms with Gasteiger partial charge in [0.2, 0.25) is 0 Å². The zero-order valence-electron chi connectivity index (χ0n) is 15.0. The number of esters is 1. The molecule has 0 saturated carbocycles. The lowest BCUT2D eigenvalue weighted by Crippen LogP contribution is -2.14. The van der Waals surface area contributed by atoms with Crippen LogP contribution in [0.2, 0.25) is 0 Å². The number of carbonyl (C=O) groups excluding carboxylic acids is 1. The molecule has 1 atom stereocenters. The van der Waals surface area contributed by atoms with E-state index in [1.165, 1.54) is 51.4 Å². The van der Waals surface area contributed by atoms with Gasteiger partial charge in [-0.15, -0.1) is 0 Å². The lowest BCUT2D eigenvalue weighted by Gasteiger charge is -2.13. The fourth-order valence-corrected chi connectivity index (χ4v) is 2.81. The molecule has 1 unspecified atom stereocenters. The van der Waals surface area contributed by atoms with E-state index < -0.39 is 0 Å². The summed E-state index contributed by atoms with van der Waals surface area (Å²) in [6.07, 6.45) is 13.6. The Morgan fingerprint density at radius 3 is 1.91 bits per heavy atom. The van der Waals surface area contributed by atoms with Crippen molar-refractivity contribution in [1.82, 2.24) is 0 Å². The summed E-state index contributed by atoms with van der Waals surface area (Å²) >= 11 is 3.46. The van der Waals surface area contributed by atoms with Crippen LogP contribution in [0.3, 0.4) is 0 Å². The molecule has 0 bridgehead atoms. The van der Waals surface area contributed by atoms with Crippen molar-refractivity contribution < 1.29 is 9.53 Å². The van der Waals surface area contributed by atoms with Crippen LogP contribution in [-0.2, 0) is 9.53 Å². The topological polar surface area (TPSA) is 26.3 Å². The van der Waals surface area contributed by atoms with E-state index in [0.29, 0.717) is 0 Å². The molecule has 0 aliphatic heterocycles. The molecule has 0 aromatic heterocycles. The molecule has 3 heteroatoms. The lowest BCUT2D eigenvalue weighted by atomic mass is 10.1. The Bertz CT molecular complexity index is 323. The molecule has 0 fully saturated rings. The van der Waals surface area contributed by atoms with E-state index in [0.717, 1.165) is 30.4 Å². The second-order valence-corrected chi connectivity index (χ2v) is 7.21. The molecule has 2 nitrogen and oxygen atoms in total. The number of rotatable bonds is 13. The smallest absolute Gasteiger partial charge is 0.334 e. The Hall–Kier alpha value is -0.310. The molecular formula is C19H35BrO2. The van der Waals surface area contributed by atoms with Gasteiger partial charge in [-0.2, -0.15) is 0 Å². The summed E-state index contributed by atoms with van der Waals surface area (Å²) in [5.41, 5.74) is 1.85. The van der Waals surface area contributed by atoms with E-state index in [-0.39, 0.29) is 11.0 Å². The predicted molar refractivity (Wildman–Crippen MR) is 99.3 cm³/mol. The van der Waals surface area contributed by atoms with Gasteiger partial charge in [0.25, 0.3) is 0 Å². The number of hydrogen-bond acceptors (Lipinski definition) is 2. The monoisotopic (exact) mass is 374 g/mol. The highest BCUT2D eigenvalue weighted by molar-refractivity contribution is 9.09. The van der Waals surface area contributed by atoms with Gasteiger partial charge in [0.15, 0.2) is 5.01 Å². The maximum Gasteiger partial charge on any atom is 0.334 e. The van der Waals surface area contributed by atoms with E-state index in [4.69, 9.17) is 4.74 Å². The second kappa shape index (κ2) is 14.3. The molecule has 0 aliphatic carbocycles. The van der Waals surface area contributed by atoms with Gasteiger partial charge in [-0.1, -0.05) is 70.8 Å². The van der Waals surface area contributed by atoms with Gasteiger partial charge >= 0.3 is 5.97 Å². The Morgan fingerprint density at radius 2 is 1.41 bits per heavy atom. The van der Waals surface area contributed by atoms with E-state index >= 15 is 0 Å². The Labute approximate surface area is 146 Å². The van der Waals surface area contributed by atoms with Gasteiger partial charge in [-0.25, -0.2) is 4.79 Å². The van der Waals surface area contributed by atoms with Crippen LogP contribution in [0.25, 0.3) is 0 Å². The third-order valence-electron chi connectivity index (χ3n) is 4.25. The van der Waals surface area contributed by atoms with Gasteiger partial charge in [0.1, 0.15) is 0 Å². The molecule has 0 aromatic rings. The zero-order chi connectivity index (χ0) is 16.8. The minimum absolute atomic E-state index is 0.149. The van der Waals surface area contributed by atoms with Crippen molar-refractivity contribution in [3.8, 4) is 0 Å². The molecule has 0 amide bonds. The van der Waals surface area contributed by atoms with Crippen LogP contribution in [0.4, 0.5) is 0 Å². The fourth-order valence-electron chi connectivity index (χ4n) is 2.32. The van der Waals surface area contributed by atoms with Crippen molar-refractivity contribution >= 4 is 21.9 Å². The third kappa shape index (κ3) is 11.3. The molecule has 0 heterocycles. The number of alkyl halides is 1. The number of ether oxygens (including phenoxy) is 1. The number of carbonyl (C=O) groups is 1. The molecular weight excluding hydrogens is 340 g/mol. The Balaban J connectivity index is 3.62. The molecule has 0 radical (unpaired) electrons. The summed E-state index contributed by atoms with van der Waals surface area (Å²) in [6.45, 7) is 8.14. The molecule has 130 valence electrons. The van der Waals surface area contributed by atoms with Crippen LogP contribution >= 0.6 is 15.9 Å². The highest BCUT2D eigenvalue weighted by Crippen LogP contribution is 2.18. The van der Waals surface area contributed by atoms with Crippen molar-refractivity contribution in [2.45, 2.75) is 103 Å². The first-order valence-corrected chi connectivity index (χ1v) is 9.95. The molecule has 22 heavy (non-hydrogen) atoms. The highest BCUT2D eigenvalue weighted by atomic mass is 79.9. The minimum Gasteiger partial charge on any atom is -0.447 e. The van der Waals surface area contributed by atoms with Crippen molar-refractivity contribution in [2.24, 2.45) is 0 Å².